The highest BCUT2D eigenvalue weighted by Crippen LogP contribution is 2.26. The summed E-state index contributed by atoms with van der Waals surface area (Å²) in [5, 5.41) is 7.87. The zero-order valence-corrected chi connectivity index (χ0v) is 9.74. The maximum atomic E-state index is 5.09. The average Bonchev–Trinajstić information content (AvgIpc) is 2.38. The molecule has 0 fully saturated rings. The molecular weight excluding hydrogens is 230 g/mol. The number of rotatable bonds is 1. The van der Waals surface area contributed by atoms with E-state index in [2.05, 4.69) is 27.3 Å². The van der Waals surface area contributed by atoms with Crippen LogP contribution in [-0.2, 0) is 0 Å². The topological polar surface area (TPSA) is 41.6 Å². The number of fused-ring (bicyclic) bond motifs is 1. The fourth-order valence-corrected chi connectivity index (χ4v) is 2.06. The Balaban J connectivity index is 2.34. The first kappa shape index (κ1) is 10.1. The molecule has 2 heterocycles. The van der Waals surface area contributed by atoms with Gasteiger partial charge < -0.3 is 0 Å². The molecule has 3 nitrogen and oxygen atoms in total. The summed E-state index contributed by atoms with van der Waals surface area (Å²) in [5.74, 6) is 0. The van der Waals surface area contributed by atoms with Crippen molar-refractivity contribution in [3.8, 4) is 11.1 Å². The Labute approximate surface area is 103 Å². The van der Waals surface area contributed by atoms with Crippen LogP contribution in [0, 0.1) is 4.64 Å². The first-order chi connectivity index (χ1) is 8.34. The first-order valence-electron chi connectivity index (χ1n) is 5.23. The van der Waals surface area contributed by atoms with Gasteiger partial charge in [-0.25, -0.2) is 0 Å². The molecule has 0 spiro atoms. The summed E-state index contributed by atoms with van der Waals surface area (Å²) < 4.78 is 0.628. The van der Waals surface area contributed by atoms with Crippen LogP contribution in [0.3, 0.4) is 0 Å². The van der Waals surface area contributed by atoms with E-state index in [-0.39, 0.29) is 0 Å². The third-order valence-electron chi connectivity index (χ3n) is 2.62. The van der Waals surface area contributed by atoms with Gasteiger partial charge in [0.15, 0.2) is 0 Å². The summed E-state index contributed by atoms with van der Waals surface area (Å²) in [7, 11) is 0. The highest BCUT2D eigenvalue weighted by molar-refractivity contribution is 7.71. The van der Waals surface area contributed by atoms with Gasteiger partial charge in [0.2, 0.25) is 0 Å². The van der Waals surface area contributed by atoms with Crippen LogP contribution in [0.25, 0.3) is 22.0 Å². The molecule has 0 radical (unpaired) electrons. The van der Waals surface area contributed by atoms with E-state index < -0.39 is 0 Å². The van der Waals surface area contributed by atoms with Crippen molar-refractivity contribution in [1.29, 1.82) is 0 Å². The molecule has 0 bridgehead atoms. The number of aromatic nitrogens is 3. The number of H-pyrrole nitrogens is 1. The molecule has 0 amide bonds. The highest BCUT2D eigenvalue weighted by atomic mass is 32.1. The third kappa shape index (κ3) is 1.83. The molecule has 0 saturated heterocycles. The number of nitrogens with one attached hydrogen (secondary N) is 1. The van der Waals surface area contributed by atoms with Gasteiger partial charge in [-0.05, 0) is 23.8 Å². The van der Waals surface area contributed by atoms with Crippen LogP contribution in [-0.4, -0.2) is 15.2 Å². The van der Waals surface area contributed by atoms with Crippen molar-refractivity contribution in [1.82, 2.24) is 15.2 Å². The molecule has 0 saturated carbocycles. The number of nitrogens with zero attached hydrogens (tertiary/aromatic N) is 2. The van der Waals surface area contributed by atoms with Gasteiger partial charge in [0.25, 0.3) is 0 Å². The minimum absolute atomic E-state index is 0.628. The molecule has 17 heavy (non-hydrogen) atoms. The maximum absolute atomic E-state index is 5.09. The van der Waals surface area contributed by atoms with E-state index in [4.69, 9.17) is 12.2 Å². The second kappa shape index (κ2) is 4.07. The summed E-state index contributed by atoms with van der Waals surface area (Å²) in [4.78, 5) is 4.34. The number of pyridine rings is 1. The maximum Gasteiger partial charge on any atom is 0.120 e. The van der Waals surface area contributed by atoms with Crippen LogP contribution in [0.15, 0.2) is 48.8 Å². The van der Waals surface area contributed by atoms with Gasteiger partial charge in [-0.1, -0.05) is 30.4 Å². The summed E-state index contributed by atoms with van der Waals surface area (Å²) in [6, 6.07) is 11.9. The molecule has 82 valence electrons. The van der Waals surface area contributed by atoms with E-state index in [1.165, 1.54) is 0 Å². The van der Waals surface area contributed by atoms with Gasteiger partial charge in [-0.3, -0.25) is 10.1 Å². The number of benzene rings is 1. The average molecular weight is 239 g/mol. The zero-order valence-electron chi connectivity index (χ0n) is 8.92. The van der Waals surface area contributed by atoms with Crippen LogP contribution >= 0.6 is 12.2 Å². The van der Waals surface area contributed by atoms with E-state index in [0.29, 0.717) is 4.64 Å². The van der Waals surface area contributed by atoms with Crippen molar-refractivity contribution in [3.63, 3.8) is 0 Å². The molecule has 1 N–H and O–H groups in total. The minimum Gasteiger partial charge on any atom is -0.268 e. The Morgan fingerprint density at radius 2 is 2.06 bits per heavy atom. The molecule has 1 aromatic carbocycles. The molecule has 0 atom stereocenters. The molecule has 0 aliphatic carbocycles. The van der Waals surface area contributed by atoms with Crippen molar-refractivity contribution >= 4 is 23.1 Å². The van der Waals surface area contributed by atoms with Gasteiger partial charge in [0.05, 0.1) is 11.7 Å². The van der Waals surface area contributed by atoms with Crippen molar-refractivity contribution in [2.24, 2.45) is 0 Å². The third-order valence-corrected chi connectivity index (χ3v) is 2.83. The van der Waals surface area contributed by atoms with Crippen LogP contribution in [0.1, 0.15) is 0 Å². The SMILES string of the molecule is S=c1cc(-c2cccc3ncccc23)cn[nH]1. The van der Waals surface area contributed by atoms with Crippen LogP contribution in [0.4, 0.5) is 0 Å². The predicted molar refractivity (Wildman–Crippen MR) is 70.2 cm³/mol. The molecule has 3 aromatic rings. The Kier molecular flexibility index (Phi) is 2.42. The van der Waals surface area contributed by atoms with E-state index in [1.807, 2.05) is 24.3 Å². The molecule has 2 aromatic heterocycles. The second-order valence-electron chi connectivity index (χ2n) is 3.71. The molecule has 0 unspecified atom stereocenters. The smallest absolute Gasteiger partial charge is 0.120 e. The second-order valence-corrected chi connectivity index (χ2v) is 4.15. The quantitative estimate of drug-likeness (QED) is 0.662. The van der Waals surface area contributed by atoms with Crippen LogP contribution < -0.4 is 0 Å². The lowest BCUT2D eigenvalue weighted by Crippen LogP contribution is -1.86. The van der Waals surface area contributed by atoms with Gasteiger partial charge >= 0.3 is 0 Å². The van der Waals surface area contributed by atoms with Crippen molar-refractivity contribution < 1.29 is 0 Å². The van der Waals surface area contributed by atoms with Gasteiger partial charge in [0, 0.05) is 17.1 Å². The number of aromatic amines is 1. The summed E-state index contributed by atoms with van der Waals surface area (Å²) in [6.07, 6.45) is 3.57. The van der Waals surface area contributed by atoms with Gasteiger partial charge in [-0.2, -0.15) is 5.10 Å². The number of hydrogen-bond acceptors (Lipinski definition) is 3. The lowest BCUT2D eigenvalue weighted by atomic mass is 10.0. The Morgan fingerprint density at radius 1 is 1.12 bits per heavy atom. The van der Waals surface area contributed by atoms with Gasteiger partial charge in [-0.15, -0.1) is 0 Å². The van der Waals surface area contributed by atoms with Crippen LogP contribution in [0.2, 0.25) is 0 Å². The van der Waals surface area contributed by atoms with Crippen molar-refractivity contribution in [3.05, 3.63) is 53.4 Å². The summed E-state index contributed by atoms with van der Waals surface area (Å²) >= 11 is 5.09. The lowest BCUT2D eigenvalue weighted by molar-refractivity contribution is 1.02. The molecule has 4 heteroatoms. The van der Waals surface area contributed by atoms with E-state index in [9.17, 15) is 0 Å². The number of hydrogen-bond donors (Lipinski definition) is 1. The lowest BCUT2D eigenvalue weighted by Gasteiger charge is -2.05. The largest absolute Gasteiger partial charge is 0.268 e. The summed E-state index contributed by atoms with van der Waals surface area (Å²) in [5.41, 5.74) is 3.08. The molecule has 3 rings (SSSR count). The van der Waals surface area contributed by atoms with Crippen molar-refractivity contribution in [2.75, 3.05) is 0 Å². The minimum atomic E-state index is 0.628. The molecular formula is C13H9N3S. The van der Waals surface area contributed by atoms with E-state index in [0.717, 1.165) is 22.0 Å². The predicted octanol–water partition coefficient (Wildman–Crippen LogP) is 3.35. The molecule has 0 aliphatic rings. The van der Waals surface area contributed by atoms with E-state index >= 15 is 0 Å². The van der Waals surface area contributed by atoms with Gasteiger partial charge in [0.1, 0.15) is 4.64 Å². The first-order valence-corrected chi connectivity index (χ1v) is 5.64. The molecule has 0 aliphatic heterocycles. The Hall–Kier alpha value is -2.07. The highest BCUT2D eigenvalue weighted by Gasteiger charge is 2.03. The fraction of sp³-hybridized carbons (Fsp3) is 0. The zero-order chi connectivity index (χ0) is 11.7. The Morgan fingerprint density at radius 3 is 2.94 bits per heavy atom. The fourth-order valence-electron chi connectivity index (χ4n) is 1.88. The van der Waals surface area contributed by atoms with Crippen LogP contribution in [0.5, 0.6) is 0 Å². The van der Waals surface area contributed by atoms with E-state index in [1.54, 1.807) is 12.4 Å². The van der Waals surface area contributed by atoms with Crippen molar-refractivity contribution in [2.45, 2.75) is 0 Å². The monoisotopic (exact) mass is 239 g/mol. The Bertz CT molecular complexity index is 728. The normalized spacial score (nSPS) is 10.6. The standard InChI is InChI=1S/C13H9N3S/c17-13-7-9(8-15-16-13)10-3-1-5-12-11(10)4-2-6-14-12/h1-8H,(H,16,17). The summed E-state index contributed by atoms with van der Waals surface area (Å²) in [6.45, 7) is 0.